The van der Waals surface area contributed by atoms with E-state index in [1.54, 1.807) is 0 Å². The fourth-order valence-electron chi connectivity index (χ4n) is 0.639. The number of hydrogen-bond acceptors (Lipinski definition) is 3. The van der Waals surface area contributed by atoms with E-state index in [2.05, 4.69) is 5.32 Å². The summed E-state index contributed by atoms with van der Waals surface area (Å²) in [5.74, 6) is -1.19. The van der Waals surface area contributed by atoms with E-state index in [4.69, 9.17) is 10.8 Å². The Labute approximate surface area is 70.9 Å². The molecule has 0 spiro atoms. The van der Waals surface area contributed by atoms with Crippen LogP contribution in [0.1, 0.15) is 19.3 Å². The summed E-state index contributed by atoms with van der Waals surface area (Å²) in [6.07, 6.45) is 0.646. The summed E-state index contributed by atoms with van der Waals surface area (Å²) >= 11 is 0. The molecule has 0 fully saturated rings. The van der Waals surface area contributed by atoms with Crippen molar-refractivity contribution < 1.29 is 14.7 Å². The predicted octanol–water partition coefficient (Wildman–Crippen LogP) is -0.684. The Morgan fingerprint density at radius 2 is 2.00 bits per heavy atom. The van der Waals surface area contributed by atoms with E-state index >= 15 is 0 Å². The van der Waals surface area contributed by atoms with Crippen molar-refractivity contribution in [3.63, 3.8) is 0 Å². The Bertz CT molecular complexity index is 159. The van der Waals surface area contributed by atoms with Crippen molar-refractivity contribution >= 4 is 11.9 Å². The lowest BCUT2D eigenvalue weighted by Crippen LogP contribution is -2.26. The summed E-state index contributed by atoms with van der Waals surface area (Å²) in [5.41, 5.74) is 5.19. The molecule has 0 aliphatic carbocycles. The Morgan fingerprint density at radius 1 is 1.33 bits per heavy atom. The molecule has 0 saturated carbocycles. The van der Waals surface area contributed by atoms with Gasteiger partial charge in [-0.05, 0) is 13.0 Å². The molecular weight excluding hydrogens is 160 g/mol. The van der Waals surface area contributed by atoms with Crippen molar-refractivity contribution in [2.24, 2.45) is 5.73 Å². The molecule has 0 aliphatic rings. The number of nitrogens with one attached hydrogen (secondary N) is 1. The van der Waals surface area contributed by atoms with Crippen molar-refractivity contribution in [1.29, 1.82) is 0 Å². The number of carboxylic acid groups (broad SMARTS) is 1. The average molecular weight is 174 g/mol. The minimum atomic E-state index is -0.955. The number of hydrogen-bond donors (Lipinski definition) is 3. The molecule has 0 atom stereocenters. The number of carboxylic acids is 1. The van der Waals surface area contributed by atoms with Crippen LogP contribution in [0.25, 0.3) is 0 Å². The van der Waals surface area contributed by atoms with E-state index in [9.17, 15) is 9.59 Å². The average Bonchev–Trinajstić information content (AvgIpc) is 2.01. The maximum absolute atomic E-state index is 10.8. The summed E-state index contributed by atoms with van der Waals surface area (Å²) < 4.78 is 0. The maximum Gasteiger partial charge on any atom is 0.303 e. The van der Waals surface area contributed by atoms with Crippen LogP contribution in [0.2, 0.25) is 0 Å². The summed E-state index contributed by atoms with van der Waals surface area (Å²) in [6.45, 7) is 1.05. The minimum Gasteiger partial charge on any atom is -0.481 e. The van der Waals surface area contributed by atoms with Gasteiger partial charge in [-0.2, -0.15) is 0 Å². The summed E-state index contributed by atoms with van der Waals surface area (Å²) in [7, 11) is 0. The van der Waals surface area contributed by atoms with E-state index in [1.807, 2.05) is 0 Å². The minimum absolute atomic E-state index is 0.0416. The Morgan fingerprint density at radius 3 is 2.50 bits per heavy atom. The highest BCUT2D eigenvalue weighted by Gasteiger charge is 2.03. The number of amides is 1. The predicted molar refractivity (Wildman–Crippen MR) is 43.6 cm³/mol. The molecular formula is C7H14N2O3. The van der Waals surface area contributed by atoms with Crippen LogP contribution >= 0.6 is 0 Å². The molecule has 1 amide bonds. The van der Waals surface area contributed by atoms with Gasteiger partial charge in [0, 0.05) is 13.0 Å². The molecule has 0 aromatic heterocycles. The third-order valence-corrected chi connectivity index (χ3v) is 1.27. The molecule has 0 aromatic carbocycles. The monoisotopic (exact) mass is 174 g/mol. The molecule has 0 aromatic rings. The van der Waals surface area contributed by atoms with E-state index in [1.165, 1.54) is 0 Å². The Hall–Kier alpha value is -1.10. The molecule has 5 nitrogen and oxygen atoms in total. The van der Waals surface area contributed by atoms with Gasteiger partial charge in [-0.3, -0.25) is 9.59 Å². The highest BCUT2D eigenvalue weighted by molar-refractivity contribution is 5.80. The molecule has 0 heterocycles. The van der Waals surface area contributed by atoms with Gasteiger partial charge < -0.3 is 16.2 Å². The quantitative estimate of drug-likeness (QED) is 0.465. The highest BCUT2D eigenvalue weighted by Crippen LogP contribution is 1.87. The van der Waals surface area contributed by atoms with E-state index in [0.29, 0.717) is 13.1 Å². The van der Waals surface area contributed by atoms with Crippen LogP contribution in [-0.4, -0.2) is 30.1 Å². The standard InChI is InChI=1S/C7H14N2O3/c8-4-1-5-9-6(10)2-3-7(11)12/h1-5,8H2,(H,9,10)(H,11,12). The van der Waals surface area contributed by atoms with Gasteiger partial charge in [0.05, 0.1) is 6.42 Å². The molecule has 0 radical (unpaired) electrons. The van der Waals surface area contributed by atoms with Gasteiger partial charge in [-0.25, -0.2) is 0 Å². The lowest BCUT2D eigenvalue weighted by molar-refractivity contribution is -0.138. The molecule has 0 bridgehead atoms. The van der Waals surface area contributed by atoms with Crippen LogP contribution in [0.15, 0.2) is 0 Å². The normalized spacial score (nSPS) is 9.42. The number of rotatable bonds is 6. The van der Waals surface area contributed by atoms with E-state index < -0.39 is 5.97 Å². The second-order valence-electron chi connectivity index (χ2n) is 2.39. The zero-order chi connectivity index (χ0) is 9.40. The van der Waals surface area contributed by atoms with E-state index in [0.717, 1.165) is 6.42 Å². The van der Waals surface area contributed by atoms with Crippen LogP contribution in [-0.2, 0) is 9.59 Å². The van der Waals surface area contributed by atoms with Crippen LogP contribution in [0.3, 0.4) is 0 Å². The van der Waals surface area contributed by atoms with Gasteiger partial charge in [0.25, 0.3) is 0 Å². The van der Waals surface area contributed by atoms with Gasteiger partial charge in [0.15, 0.2) is 0 Å². The van der Waals surface area contributed by atoms with Crippen LogP contribution in [0.5, 0.6) is 0 Å². The fraction of sp³-hybridized carbons (Fsp3) is 0.714. The van der Waals surface area contributed by atoms with Crippen molar-refractivity contribution in [2.75, 3.05) is 13.1 Å². The first-order chi connectivity index (χ1) is 5.66. The number of nitrogens with two attached hydrogens (primary N) is 1. The maximum atomic E-state index is 10.8. The fourth-order valence-corrected chi connectivity index (χ4v) is 0.639. The first-order valence-electron chi connectivity index (χ1n) is 3.85. The lowest BCUT2D eigenvalue weighted by Gasteiger charge is -2.01. The molecule has 12 heavy (non-hydrogen) atoms. The molecule has 0 saturated heterocycles. The van der Waals surface area contributed by atoms with E-state index in [-0.39, 0.29) is 18.7 Å². The van der Waals surface area contributed by atoms with Crippen molar-refractivity contribution in [2.45, 2.75) is 19.3 Å². The number of carbonyl (C=O) groups is 2. The zero-order valence-electron chi connectivity index (χ0n) is 6.88. The number of carbonyl (C=O) groups excluding carboxylic acids is 1. The van der Waals surface area contributed by atoms with Crippen LogP contribution < -0.4 is 11.1 Å². The van der Waals surface area contributed by atoms with Gasteiger partial charge in [0.2, 0.25) is 5.91 Å². The first-order valence-corrected chi connectivity index (χ1v) is 3.85. The van der Waals surface area contributed by atoms with Crippen molar-refractivity contribution in [3.05, 3.63) is 0 Å². The van der Waals surface area contributed by atoms with Crippen molar-refractivity contribution in [1.82, 2.24) is 5.32 Å². The smallest absolute Gasteiger partial charge is 0.303 e. The van der Waals surface area contributed by atoms with Gasteiger partial charge in [0.1, 0.15) is 0 Å². The molecule has 4 N–H and O–H groups in total. The molecule has 0 unspecified atom stereocenters. The lowest BCUT2D eigenvalue weighted by atomic mass is 10.3. The highest BCUT2D eigenvalue weighted by atomic mass is 16.4. The second kappa shape index (κ2) is 6.60. The Kier molecular flexibility index (Phi) is 6.00. The largest absolute Gasteiger partial charge is 0.481 e. The van der Waals surface area contributed by atoms with Crippen molar-refractivity contribution in [3.8, 4) is 0 Å². The second-order valence-corrected chi connectivity index (χ2v) is 2.39. The SMILES string of the molecule is NCCCNC(=O)CCC(=O)O. The summed E-state index contributed by atoms with van der Waals surface area (Å²) in [5, 5.41) is 10.8. The Balaban J connectivity index is 3.28. The molecule has 5 heteroatoms. The molecule has 0 rings (SSSR count). The van der Waals surface area contributed by atoms with Gasteiger partial charge in [-0.1, -0.05) is 0 Å². The van der Waals surface area contributed by atoms with Gasteiger partial charge >= 0.3 is 5.97 Å². The topological polar surface area (TPSA) is 92.4 Å². The van der Waals surface area contributed by atoms with Gasteiger partial charge in [-0.15, -0.1) is 0 Å². The third-order valence-electron chi connectivity index (χ3n) is 1.27. The third kappa shape index (κ3) is 7.01. The van der Waals surface area contributed by atoms with Crippen LogP contribution in [0, 0.1) is 0 Å². The van der Waals surface area contributed by atoms with Crippen LogP contribution in [0.4, 0.5) is 0 Å². The summed E-state index contributed by atoms with van der Waals surface area (Å²) in [6, 6.07) is 0. The zero-order valence-corrected chi connectivity index (χ0v) is 6.88. The molecule has 0 aliphatic heterocycles. The first kappa shape index (κ1) is 10.9. The molecule has 70 valence electrons. The number of aliphatic carboxylic acids is 1. The summed E-state index contributed by atoms with van der Waals surface area (Å²) in [4.78, 5) is 20.8.